The van der Waals surface area contributed by atoms with Gasteiger partial charge >= 0.3 is 0 Å². The van der Waals surface area contributed by atoms with Gasteiger partial charge in [-0.25, -0.2) is 14.4 Å². The molecule has 1 N–H and O–H groups in total. The van der Waals surface area contributed by atoms with E-state index in [4.69, 9.17) is 4.42 Å². The number of hydrogen-bond donors (Lipinski definition) is 1. The van der Waals surface area contributed by atoms with Crippen LogP contribution in [0.1, 0.15) is 60.6 Å². The van der Waals surface area contributed by atoms with E-state index >= 15 is 0 Å². The maximum absolute atomic E-state index is 14.7. The Morgan fingerprint density at radius 1 is 1.17 bits per heavy atom. The van der Waals surface area contributed by atoms with Crippen LogP contribution in [0.4, 0.5) is 8.78 Å². The van der Waals surface area contributed by atoms with Crippen molar-refractivity contribution in [1.82, 2.24) is 20.2 Å². The number of carbonyl (C=O) groups is 2. The summed E-state index contributed by atoms with van der Waals surface area (Å²) in [6.07, 6.45) is -0.208. The summed E-state index contributed by atoms with van der Waals surface area (Å²) < 4.78 is 34.3. The van der Waals surface area contributed by atoms with Crippen molar-refractivity contribution in [3.05, 3.63) is 83.1 Å². The summed E-state index contributed by atoms with van der Waals surface area (Å²) in [6, 6.07) is 10.6. The number of pyridine rings is 1. The molecular weight excluding hydrogens is 454 g/mol. The van der Waals surface area contributed by atoms with E-state index in [0.29, 0.717) is 22.5 Å². The second-order valence-electron chi connectivity index (χ2n) is 9.08. The molecule has 0 spiro atoms. The zero-order valence-corrected chi connectivity index (χ0v) is 19.9. The first kappa shape index (κ1) is 24.5. The predicted octanol–water partition coefficient (Wildman–Crippen LogP) is 4.03. The molecule has 4 rings (SSSR count). The number of hydrogen-bond acceptors (Lipinski definition) is 5. The van der Waals surface area contributed by atoms with Crippen molar-refractivity contribution in [2.24, 2.45) is 0 Å². The van der Waals surface area contributed by atoms with Crippen molar-refractivity contribution in [1.29, 1.82) is 0 Å². The average molecular weight is 483 g/mol. The van der Waals surface area contributed by atoms with Crippen molar-refractivity contribution < 1.29 is 22.8 Å². The van der Waals surface area contributed by atoms with Crippen LogP contribution in [-0.4, -0.2) is 45.4 Å². The molecule has 7 nitrogen and oxygen atoms in total. The highest BCUT2D eigenvalue weighted by molar-refractivity contribution is 5.89. The molecule has 3 heterocycles. The highest BCUT2D eigenvalue weighted by atomic mass is 19.1. The van der Waals surface area contributed by atoms with E-state index in [0.717, 1.165) is 0 Å². The standard InChI is InChI=1S/C26H28F2N4O3/c1-15(2)19-9-10-20(30-25(19)28)24(17-7-5-4-6-8-17)31-26(34)21-11-18(27)13-32(21)23(33)12-22-29-16(3)14-35-22/h4-10,14-15,18,21,24H,11-13H2,1-3H3,(H,31,34)/t18-,21+,24+/m1/s1. The Labute approximate surface area is 202 Å². The van der Waals surface area contributed by atoms with Gasteiger partial charge in [0.2, 0.25) is 23.7 Å². The third-order valence-electron chi connectivity index (χ3n) is 6.08. The number of nitrogens with one attached hydrogen (secondary N) is 1. The van der Waals surface area contributed by atoms with Crippen LogP contribution in [0.3, 0.4) is 0 Å². The molecule has 0 saturated carbocycles. The van der Waals surface area contributed by atoms with Crippen molar-refractivity contribution in [2.75, 3.05) is 6.54 Å². The van der Waals surface area contributed by atoms with Crippen LogP contribution in [0.2, 0.25) is 0 Å². The molecule has 9 heteroatoms. The lowest BCUT2D eigenvalue weighted by Crippen LogP contribution is -2.47. The van der Waals surface area contributed by atoms with Crippen LogP contribution >= 0.6 is 0 Å². The van der Waals surface area contributed by atoms with Crippen LogP contribution < -0.4 is 5.32 Å². The Morgan fingerprint density at radius 2 is 1.91 bits per heavy atom. The Bertz CT molecular complexity index is 1200. The van der Waals surface area contributed by atoms with Crippen LogP contribution in [0.15, 0.2) is 53.1 Å². The normalized spacial score (nSPS) is 18.6. The molecule has 0 unspecified atom stereocenters. The molecule has 2 aromatic heterocycles. The zero-order chi connectivity index (χ0) is 25.1. The molecule has 1 aliphatic rings. The van der Waals surface area contributed by atoms with Gasteiger partial charge in [-0.05, 0) is 24.5 Å². The van der Waals surface area contributed by atoms with E-state index in [2.05, 4.69) is 15.3 Å². The fourth-order valence-electron chi connectivity index (χ4n) is 4.29. The van der Waals surface area contributed by atoms with E-state index in [-0.39, 0.29) is 31.2 Å². The first-order chi connectivity index (χ1) is 16.7. The molecule has 3 atom stereocenters. The lowest BCUT2D eigenvalue weighted by molar-refractivity contribution is -0.138. The summed E-state index contributed by atoms with van der Waals surface area (Å²) in [5.41, 5.74) is 2.10. The van der Waals surface area contributed by atoms with Gasteiger partial charge in [-0.2, -0.15) is 4.39 Å². The molecular formula is C26H28F2N4O3. The summed E-state index contributed by atoms with van der Waals surface area (Å²) in [6.45, 7) is 5.28. The van der Waals surface area contributed by atoms with Crippen LogP contribution in [0.5, 0.6) is 0 Å². The molecule has 0 bridgehead atoms. The molecule has 3 aromatic rings. The Morgan fingerprint density at radius 3 is 2.54 bits per heavy atom. The summed E-state index contributed by atoms with van der Waals surface area (Å²) >= 11 is 0. The van der Waals surface area contributed by atoms with E-state index in [1.54, 1.807) is 43.3 Å². The number of aryl methyl sites for hydroxylation is 1. The van der Waals surface area contributed by atoms with Gasteiger partial charge in [-0.3, -0.25) is 9.59 Å². The van der Waals surface area contributed by atoms with E-state index in [9.17, 15) is 18.4 Å². The zero-order valence-electron chi connectivity index (χ0n) is 19.9. The van der Waals surface area contributed by atoms with Gasteiger partial charge in [0, 0.05) is 12.0 Å². The average Bonchev–Trinajstić information content (AvgIpc) is 3.42. The van der Waals surface area contributed by atoms with Crippen LogP contribution in [0.25, 0.3) is 0 Å². The van der Waals surface area contributed by atoms with Gasteiger partial charge in [0.1, 0.15) is 24.9 Å². The van der Waals surface area contributed by atoms with Gasteiger partial charge in [-0.1, -0.05) is 50.2 Å². The van der Waals surface area contributed by atoms with Gasteiger partial charge in [-0.15, -0.1) is 0 Å². The molecule has 35 heavy (non-hydrogen) atoms. The number of rotatable bonds is 7. The van der Waals surface area contributed by atoms with E-state index < -0.39 is 36.0 Å². The monoisotopic (exact) mass is 482 g/mol. The first-order valence-electron chi connectivity index (χ1n) is 11.6. The Kier molecular flexibility index (Phi) is 7.23. The topological polar surface area (TPSA) is 88.3 Å². The van der Waals surface area contributed by atoms with E-state index in [1.807, 2.05) is 19.9 Å². The van der Waals surface area contributed by atoms with Crippen molar-refractivity contribution >= 4 is 11.8 Å². The fraction of sp³-hybridized carbons (Fsp3) is 0.385. The quantitative estimate of drug-likeness (QED) is 0.514. The number of aromatic nitrogens is 2. The molecule has 0 radical (unpaired) electrons. The SMILES string of the molecule is Cc1coc(CC(=O)N2C[C@H](F)C[C@H]2C(=O)N[C@@H](c2ccccc2)c2ccc(C(C)C)c(F)n2)n1. The molecule has 2 amide bonds. The fourth-order valence-corrected chi connectivity index (χ4v) is 4.29. The second-order valence-corrected chi connectivity index (χ2v) is 9.08. The molecule has 184 valence electrons. The summed E-state index contributed by atoms with van der Waals surface area (Å²) in [4.78, 5) is 35.7. The first-order valence-corrected chi connectivity index (χ1v) is 11.6. The van der Waals surface area contributed by atoms with Crippen molar-refractivity contribution in [2.45, 2.75) is 57.8 Å². The summed E-state index contributed by atoms with van der Waals surface area (Å²) in [5, 5.41) is 2.87. The summed E-state index contributed by atoms with van der Waals surface area (Å²) in [5.74, 6) is -1.43. The minimum atomic E-state index is -1.34. The number of alkyl halides is 1. The number of benzene rings is 1. The molecule has 1 aliphatic heterocycles. The molecule has 1 fully saturated rings. The maximum Gasteiger partial charge on any atom is 0.243 e. The number of oxazole rings is 1. The number of amides is 2. The number of halogens is 2. The predicted molar refractivity (Wildman–Crippen MR) is 125 cm³/mol. The summed E-state index contributed by atoms with van der Waals surface area (Å²) in [7, 11) is 0. The van der Waals surface area contributed by atoms with Gasteiger partial charge in [0.25, 0.3) is 0 Å². The molecule has 1 saturated heterocycles. The number of likely N-dealkylation sites (tertiary alicyclic amines) is 1. The Balaban J connectivity index is 1.58. The minimum absolute atomic E-state index is 0.0479. The van der Waals surface area contributed by atoms with Crippen LogP contribution in [-0.2, 0) is 16.0 Å². The highest BCUT2D eigenvalue weighted by Gasteiger charge is 2.41. The number of carbonyl (C=O) groups excluding carboxylic acids is 2. The number of nitrogens with zero attached hydrogens (tertiary/aromatic N) is 3. The molecule has 0 aliphatic carbocycles. The third-order valence-corrected chi connectivity index (χ3v) is 6.08. The van der Waals surface area contributed by atoms with Crippen molar-refractivity contribution in [3.8, 4) is 0 Å². The van der Waals surface area contributed by atoms with Crippen molar-refractivity contribution in [3.63, 3.8) is 0 Å². The smallest absolute Gasteiger partial charge is 0.243 e. The van der Waals surface area contributed by atoms with Gasteiger partial charge < -0.3 is 14.6 Å². The van der Waals surface area contributed by atoms with E-state index in [1.165, 1.54) is 11.2 Å². The maximum atomic E-state index is 14.7. The van der Waals surface area contributed by atoms with Crippen LogP contribution in [0, 0.1) is 12.9 Å². The largest absolute Gasteiger partial charge is 0.448 e. The van der Waals surface area contributed by atoms with Gasteiger partial charge in [0.05, 0.1) is 24.0 Å². The lowest BCUT2D eigenvalue weighted by Gasteiger charge is -2.26. The Hall–Kier alpha value is -3.62. The second kappa shape index (κ2) is 10.3. The lowest BCUT2D eigenvalue weighted by atomic mass is 9.99. The highest BCUT2D eigenvalue weighted by Crippen LogP contribution is 2.27. The third kappa shape index (κ3) is 5.55. The molecule has 1 aromatic carbocycles. The minimum Gasteiger partial charge on any atom is -0.448 e. The van der Waals surface area contributed by atoms with Gasteiger partial charge in [0.15, 0.2) is 0 Å².